The number of aliphatic imine (C=N–C) groups is 1. The maximum Gasteiger partial charge on any atom is 0.324 e. The molecule has 24 nitrogen and oxygen atoms in total. The zero-order valence-corrected chi connectivity index (χ0v) is 50.5. The molecule has 24 heteroatoms. The van der Waals surface area contributed by atoms with E-state index in [0.717, 1.165) is 4.90 Å². The smallest absolute Gasteiger partial charge is 0.324 e. The number of nitrogens with zero attached hydrogens (tertiary/aromatic N) is 8. The third kappa shape index (κ3) is 17.1. The molecule has 0 saturated carbocycles. The maximum atomic E-state index is 14.9. The Labute approximate surface area is 468 Å². The molecule has 0 spiro atoms. The Morgan fingerprint density at radius 2 is 1.27 bits per heavy atom. The lowest BCUT2D eigenvalue weighted by molar-refractivity contribution is -0.153. The maximum absolute atomic E-state index is 14.9. The predicted molar refractivity (Wildman–Crippen MR) is 298 cm³/mol. The summed E-state index contributed by atoms with van der Waals surface area (Å²) in [5.74, 6) is -5.03. The minimum absolute atomic E-state index is 0.0133. The Kier molecular flexibility index (Phi) is 25.6. The van der Waals surface area contributed by atoms with Gasteiger partial charge < -0.3 is 60.1 Å². The second-order valence-electron chi connectivity index (χ2n) is 23.3. The zero-order chi connectivity index (χ0) is 60.1. The van der Waals surface area contributed by atoms with Crippen molar-refractivity contribution < 1.29 is 57.8 Å². The molecule has 3 rings (SSSR count). The monoisotopic (exact) mass is 1120 g/mol. The van der Waals surface area contributed by atoms with E-state index in [1.54, 1.807) is 34.7 Å². The van der Waals surface area contributed by atoms with Gasteiger partial charge in [-0.2, -0.15) is 0 Å². The largest absolute Gasteiger partial charge is 0.396 e. The summed E-state index contributed by atoms with van der Waals surface area (Å²) in [6.45, 7) is 22.9. The molecule has 0 aromatic heterocycles. The summed E-state index contributed by atoms with van der Waals surface area (Å²) in [5.41, 5.74) is 0. The van der Waals surface area contributed by atoms with Crippen LogP contribution in [0.4, 0.5) is 4.79 Å². The van der Waals surface area contributed by atoms with Crippen LogP contribution in [0.15, 0.2) is 4.99 Å². The molecular weight excluding hydrogens is 1020 g/mol. The molecular formula is C55H96N12O12. The van der Waals surface area contributed by atoms with Gasteiger partial charge in [0.15, 0.2) is 0 Å². The van der Waals surface area contributed by atoms with Crippen LogP contribution in [0.25, 0.3) is 0 Å². The molecule has 2 fully saturated rings. The summed E-state index contributed by atoms with van der Waals surface area (Å²) >= 11 is 0. The fourth-order valence-corrected chi connectivity index (χ4v) is 10.6. The van der Waals surface area contributed by atoms with E-state index < -0.39 is 126 Å². The van der Waals surface area contributed by atoms with E-state index in [4.69, 9.17) is 9.73 Å². The van der Waals surface area contributed by atoms with Crippen molar-refractivity contribution in [1.29, 1.82) is 0 Å². The van der Waals surface area contributed by atoms with Gasteiger partial charge in [-0.3, -0.25) is 53.5 Å². The second kappa shape index (κ2) is 30.1. The van der Waals surface area contributed by atoms with Gasteiger partial charge >= 0.3 is 6.03 Å². The normalized spacial score (nSPS) is 21.1. The van der Waals surface area contributed by atoms with Gasteiger partial charge in [0, 0.05) is 68.4 Å². The minimum Gasteiger partial charge on any atom is -0.396 e. The molecule has 0 bridgehead atoms. The van der Waals surface area contributed by atoms with Crippen molar-refractivity contribution in [2.75, 3.05) is 68.5 Å². The Balaban J connectivity index is 1.87. The van der Waals surface area contributed by atoms with E-state index in [1.165, 1.54) is 73.6 Å². The van der Waals surface area contributed by atoms with Crippen LogP contribution >= 0.6 is 0 Å². The topological polar surface area (TPSA) is 283 Å². The van der Waals surface area contributed by atoms with Crippen LogP contribution < -0.4 is 21.3 Å². The number of likely N-dealkylation sites (N-methyl/N-ethyl adjacent to an activating group) is 6. The number of urea groups is 1. The highest BCUT2D eigenvalue weighted by Crippen LogP contribution is 2.36. The van der Waals surface area contributed by atoms with Crippen molar-refractivity contribution in [3.05, 3.63) is 0 Å². The number of carbonyl (C=O) groups is 10. The van der Waals surface area contributed by atoms with Crippen molar-refractivity contribution in [3.63, 3.8) is 0 Å². The molecule has 11 amide bonds. The summed E-state index contributed by atoms with van der Waals surface area (Å²) in [7, 11) is 8.77. The van der Waals surface area contributed by atoms with Crippen molar-refractivity contribution in [2.24, 2.45) is 28.7 Å². The third-order valence-electron chi connectivity index (χ3n) is 15.4. The Bertz CT molecular complexity index is 2210. The van der Waals surface area contributed by atoms with Gasteiger partial charge in [0.2, 0.25) is 53.2 Å². The zero-order valence-electron chi connectivity index (χ0n) is 50.5. The SMILES string of the molecule is CC[C@@H](C(=O)N(C)[C@H](C)C(=O)N(C)[C@@H](CC(C)C)C(=O)N[C@H](C(=O)N(C)[C@@H](CC(C)C)C(=O)N[C@H](C)C(=O)NC(=O)N(C)[C@H](CC(C)C)C(=O)NC)C(C)C)N1C(=O)[C@@H]2[C@H](OC(C)CC(=O)N2C)[C@H]1CC1=NCCN1CCCO. The van der Waals surface area contributed by atoms with Gasteiger partial charge in [-0.05, 0) is 76.5 Å². The number of hydrogen-bond acceptors (Lipinski definition) is 14. The number of likely N-dealkylation sites (tertiary alicyclic amines) is 1. The lowest BCUT2D eigenvalue weighted by atomic mass is 9.96. The van der Waals surface area contributed by atoms with Crippen LogP contribution in [0.1, 0.15) is 128 Å². The van der Waals surface area contributed by atoms with Crippen LogP contribution in [-0.4, -0.2) is 240 Å². The van der Waals surface area contributed by atoms with Crippen LogP contribution in [0, 0.1) is 23.7 Å². The molecule has 1 unspecified atom stereocenters. The van der Waals surface area contributed by atoms with Crippen LogP contribution in [0.3, 0.4) is 0 Å². The molecule has 0 radical (unpaired) electrons. The fraction of sp³-hybridized carbons (Fsp3) is 0.800. The predicted octanol–water partition coefficient (Wildman–Crippen LogP) is 1.03. The number of aliphatic hydroxyl groups excluding tert-OH is 1. The number of amidine groups is 1. The highest BCUT2D eigenvalue weighted by atomic mass is 16.5. The highest BCUT2D eigenvalue weighted by molar-refractivity contribution is 6.01. The Morgan fingerprint density at radius 3 is 1.77 bits per heavy atom. The molecule has 2 saturated heterocycles. The number of rotatable bonds is 27. The lowest BCUT2D eigenvalue weighted by Gasteiger charge is -2.39. The van der Waals surface area contributed by atoms with Crippen LogP contribution in [-0.2, 0) is 47.9 Å². The molecule has 0 aliphatic carbocycles. The number of imide groups is 1. The van der Waals surface area contributed by atoms with Gasteiger partial charge in [-0.15, -0.1) is 0 Å². The van der Waals surface area contributed by atoms with Crippen LogP contribution in [0.2, 0.25) is 0 Å². The first kappa shape index (κ1) is 67.4. The lowest BCUT2D eigenvalue weighted by Crippen LogP contribution is -2.61. The molecule has 0 aromatic rings. The van der Waals surface area contributed by atoms with E-state index in [2.05, 4.69) is 26.2 Å². The minimum atomic E-state index is -1.24. The molecule has 79 heavy (non-hydrogen) atoms. The van der Waals surface area contributed by atoms with E-state index in [9.17, 15) is 53.1 Å². The van der Waals surface area contributed by atoms with E-state index >= 15 is 0 Å². The quantitative estimate of drug-likeness (QED) is 0.0770. The van der Waals surface area contributed by atoms with E-state index in [0.29, 0.717) is 38.3 Å². The molecule has 3 heterocycles. The van der Waals surface area contributed by atoms with E-state index in [-0.39, 0.29) is 62.4 Å². The highest BCUT2D eigenvalue weighted by Gasteiger charge is 2.57. The van der Waals surface area contributed by atoms with Gasteiger partial charge in [0.05, 0.1) is 25.1 Å². The number of hydrogen-bond donors (Lipinski definition) is 5. The van der Waals surface area contributed by atoms with Gasteiger partial charge in [-0.1, -0.05) is 62.3 Å². The summed E-state index contributed by atoms with van der Waals surface area (Å²) in [4.78, 5) is 154. The van der Waals surface area contributed by atoms with Gasteiger partial charge in [0.25, 0.3) is 0 Å². The number of nitrogens with one attached hydrogen (secondary N) is 4. The summed E-state index contributed by atoms with van der Waals surface area (Å²) < 4.78 is 6.48. The molecule has 3 aliphatic heterocycles. The number of aliphatic hydroxyl groups is 1. The standard InChI is InChI=1S/C55H96N12O12/c1-19-37(67-38(29-42-57-21-23-66(42)22-20-24-68)46-45(54(67)77)65(18)43(69)28-34(10)79-46)52(75)61(14)36(12)51(74)62(15)41(27-32(6)7)50(73)59-44(33(8)9)53(76)63(16)40(26-31(4)5)49(72)58-35(11)47(70)60-55(78)64(17)39(25-30(2)3)48(71)56-13/h30-41,44-46,68H,19-29H2,1-18H3,(H,56,71)(H,58,72)(H,59,73)(H,60,70,78)/t34?,35-,36-,37+,38-,39-,40+,41+,44+,45+,46-/m1/s1. The Hall–Kier alpha value is -5.91. The third-order valence-corrected chi connectivity index (χ3v) is 15.4. The molecule has 11 atom stereocenters. The number of carbonyl (C=O) groups excluding carboxylic acids is 10. The Morgan fingerprint density at radius 1 is 0.734 bits per heavy atom. The van der Waals surface area contributed by atoms with Crippen molar-refractivity contribution in [1.82, 2.24) is 55.6 Å². The van der Waals surface area contributed by atoms with Crippen LogP contribution in [0.5, 0.6) is 0 Å². The molecule has 5 N–H and O–H groups in total. The second-order valence-corrected chi connectivity index (χ2v) is 23.3. The first-order valence-electron chi connectivity index (χ1n) is 28.2. The van der Waals surface area contributed by atoms with E-state index in [1.807, 2.05) is 41.5 Å². The summed E-state index contributed by atoms with van der Waals surface area (Å²) in [6, 6.07) is -10.3. The first-order chi connectivity index (χ1) is 36.9. The molecule has 3 aliphatic rings. The summed E-state index contributed by atoms with van der Waals surface area (Å²) in [6.07, 6.45) is 0.328. The molecule has 0 aromatic carbocycles. The summed E-state index contributed by atoms with van der Waals surface area (Å²) in [5, 5.41) is 19.9. The number of ether oxygens (including phenoxy) is 1. The first-order valence-corrected chi connectivity index (χ1v) is 28.2. The average molecular weight is 1120 g/mol. The molecule has 448 valence electrons. The number of fused-ring (bicyclic) bond motifs is 1. The van der Waals surface area contributed by atoms with Gasteiger partial charge in [0.1, 0.15) is 60.3 Å². The fourth-order valence-electron chi connectivity index (χ4n) is 10.6. The average Bonchev–Trinajstić information content (AvgIpc) is 3.99. The van der Waals surface area contributed by atoms with Crippen molar-refractivity contribution >= 4 is 65.0 Å². The number of amides is 11. The van der Waals surface area contributed by atoms with Gasteiger partial charge in [-0.25, -0.2) is 4.79 Å². The van der Waals surface area contributed by atoms with Crippen molar-refractivity contribution in [3.8, 4) is 0 Å². The van der Waals surface area contributed by atoms with Crippen molar-refractivity contribution in [2.45, 2.75) is 195 Å².